The summed E-state index contributed by atoms with van der Waals surface area (Å²) in [5.41, 5.74) is 6.09. The van der Waals surface area contributed by atoms with Gasteiger partial charge in [0.2, 0.25) is 0 Å². The zero-order chi connectivity index (χ0) is 29.6. The van der Waals surface area contributed by atoms with Gasteiger partial charge >= 0.3 is 266 Å². The van der Waals surface area contributed by atoms with E-state index in [1.165, 1.54) is 68.6 Å². The standard InChI is InChI=1S/C35H35N3O2SSeSi/c1-36-31(39)24(32(40)37(2)34(36)41)17-23-18-26-33(42-23)38-27-9-5-6-10-28(27)43(3,4)29-11-7-8-25(30(29)38)35(26)21-13-19-12-20(15-21)16-22(35)14-19/h5-11,17-22H,12-16H2,1-4H3. The van der Waals surface area contributed by atoms with Gasteiger partial charge in [-0.15, -0.1) is 0 Å². The molecule has 0 atom stereocenters. The van der Waals surface area contributed by atoms with E-state index in [2.05, 4.69) is 66.5 Å². The molecule has 10 rings (SSSR count). The maximum atomic E-state index is 13.4. The molecule has 4 aliphatic carbocycles. The molecule has 4 bridgehead atoms. The van der Waals surface area contributed by atoms with E-state index >= 15 is 0 Å². The van der Waals surface area contributed by atoms with Crippen LogP contribution in [-0.2, 0) is 15.0 Å². The van der Waals surface area contributed by atoms with Crippen molar-refractivity contribution < 1.29 is 9.59 Å². The average Bonchev–Trinajstić information content (AvgIpc) is 3.42. The van der Waals surface area contributed by atoms with Crippen molar-refractivity contribution in [3.8, 4) is 0 Å². The Labute approximate surface area is 265 Å². The second-order valence-corrected chi connectivity index (χ2v) is 21.2. The van der Waals surface area contributed by atoms with Crippen LogP contribution in [-0.4, -0.2) is 63.4 Å². The zero-order valence-corrected chi connectivity index (χ0v) is 28.5. The number of nitrogens with zero attached hydrogens (tertiary/aromatic N) is 3. The zero-order valence-electron chi connectivity index (χ0n) is 25.0. The number of fused-ring (bicyclic) bond motifs is 4. The number of amides is 2. The molecule has 4 saturated carbocycles. The summed E-state index contributed by atoms with van der Waals surface area (Å²) in [5, 5.41) is 3.30. The van der Waals surface area contributed by atoms with Crippen LogP contribution in [0.1, 0.15) is 47.7 Å². The van der Waals surface area contributed by atoms with Crippen molar-refractivity contribution in [1.29, 1.82) is 0 Å². The van der Waals surface area contributed by atoms with E-state index in [1.54, 1.807) is 24.8 Å². The van der Waals surface area contributed by atoms with Gasteiger partial charge in [0.1, 0.15) is 0 Å². The summed E-state index contributed by atoms with van der Waals surface area (Å²) in [6.45, 7) is 5.05. The van der Waals surface area contributed by atoms with Gasteiger partial charge in [0.15, 0.2) is 0 Å². The van der Waals surface area contributed by atoms with E-state index < -0.39 is 8.07 Å². The Bertz CT molecular complexity index is 1790. The van der Waals surface area contributed by atoms with Gasteiger partial charge in [0, 0.05) is 0 Å². The van der Waals surface area contributed by atoms with Gasteiger partial charge in [-0.05, 0) is 0 Å². The molecule has 7 aliphatic rings. The van der Waals surface area contributed by atoms with Crippen LogP contribution < -0.4 is 15.3 Å². The number of hydrogen-bond acceptors (Lipinski definition) is 4. The van der Waals surface area contributed by atoms with Crippen LogP contribution in [0.3, 0.4) is 0 Å². The molecule has 2 aromatic carbocycles. The van der Waals surface area contributed by atoms with Crippen molar-refractivity contribution in [1.82, 2.24) is 9.80 Å². The van der Waals surface area contributed by atoms with Crippen molar-refractivity contribution in [2.24, 2.45) is 23.7 Å². The Kier molecular flexibility index (Phi) is 5.38. The number of hydrogen-bond donors (Lipinski definition) is 0. The van der Waals surface area contributed by atoms with Crippen LogP contribution in [0.15, 0.2) is 54.1 Å². The number of benzene rings is 2. The summed E-state index contributed by atoms with van der Waals surface area (Å²) in [4.78, 5) is 32.2. The topological polar surface area (TPSA) is 43.9 Å². The number of carbonyl (C=O) groups excluding carboxylic acids is 2. The summed E-state index contributed by atoms with van der Waals surface area (Å²) in [5.74, 6) is 2.42. The molecule has 0 unspecified atom stereocenters. The van der Waals surface area contributed by atoms with E-state index in [9.17, 15) is 9.59 Å². The third kappa shape index (κ3) is 3.21. The third-order valence-electron chi connectivity index (χ3n) is 11.9. The number of likely N-dealkylation sites (N-methyl/N-ethyl adjacent to an activating group) is 2. The van der Waals surface area contributed by atoms with E-state index in [0.717, 1.165) is 16.3 Å². The van der Waals surface area contributed by atoms with Gasteiger partial charge in [-0.25, -0.2) is 0 Å². The average molecular weight is 669 g/mol. The summed E-state index contributed by atoms with van der Waals surface area (Å²) in [6.07, 6.45) is 8.63. The van der Waals surface area contributed by atoms with E-state index in [1.807, 2.05) is 6.08 Å². The van der Waals surface area contributed by atoms with E-state index in [4.69, 9.17) is 12.2 Å². The summed E-state index contributed by atoms with van der Waals surface area (Å²) in [7, 11) is 1.38. The fourth-order valence-corrected chi connectivity index (χ4v) is 16.0. The number of rotatable bonds is 1. The van der Waals surface area contributed by atoms with Crippen molar-refractivity contribution in [3.05, 3.63) is 69.7 Å². The first-order valence-corrected chi connectivity index (χ1v) is 20.7. The minimum atomic E-state index is -1.94. The second kappa shape index (κ2) is 8.69. The molecule has 1 spiro atoms. The van der Waals surface area contributed by atoms with Crippen LogP contribution >= 0.6 is 12.2 Å². The monoisotopic (exact) mass is 669 g/mol. The summed E-state index contributed by atoms with van der Waals surface area (Å²) in [6, 6.07) is 18.8. The van der Waals surface area contributed by atoms with Crippen LogP contribution in [0.5, 0.6) is 0 Å². The molecule has 218 valence electrons. The first kappa shape index (κ1) is 26.6. The predicted octanol–water partition coefficient (Wildman–Crippen LogP) is 5.00. The van der Waals surface area contributed by atoms with Gasteiger partial charge < -0.3 is 0 Å². The van der Waals surface area contributed by atoms with Crippen LogP contribution in [0, 0.1) is 23.7 Å². The molecule has 1 aromatic heterocycles. The van der Waals surface area contributed by atoms with Gasteiger partial charge in [-0.3, -0.25) is 0 Å². The molecular weight excluding hydrogens is 634 g/mol. The first-order chi connectivity index (χ1) is 20.6. The van der Waals surface area contributed by atoms with Gasteiger partial charge in [-0.1, -0.05) is 0 Å². The second-order valence-electron chi connectivity index (χ2n) is 14.3. The van der Waals surface area contributed by atoms with Crippen molar-refractivity contribution >= 4 is 84.1 Å². The molecule has 5 fully saturated rings. The maximum absolute atomic E-state index is 13.4. The quantitative estimate of drug-likeness (QED) is 0.159. The molecule has 0 radical (unpaired) electrons. The summed E-state index contributed by atoms with van der Waals surface area (Å²) < 4.78 is 2.54. The van der Waals surface area contributed by atoms with Gasteiger partial charge in [0.25, 0.3) is 0 Å². The number of para-hydroxylation sites is 2. The van der Waals surface area contributed by atoms with Crippen molar-refractivity contribution in [2.45, 2.75) is 50.6 Å². The Morgan fingerprint density at radius 2 is 1.49 bits per heavy atom. The van der Waals surface area contributed by atoms with Crippen molar-refractivity contribution in [2.75, 3.05) is 19.0 Å². The number of carbonyl (C=O) groups is 2. The summed E-state index contributed by atoms with van der Waals surface area (Å²) >= 11 is 5.32. The van der Waals surface area contributed by atoms with E-state index in [0.29, 0.717) is 11.8 Å². The Morgan fingerprint density at radius 1 is 0.860 bits per heavy atom. The van der Waals surface area contributed by atoms with Crippen LogP contribution in [0.4, 0.5) is 15.9 Å². The Morgan fingerprint density at radius 3 is 2.16 bits per heavy atom. The first-order valence-electron chi connectivity index (χ1n) is 15.6. The minimum absolute atomic E-state index is 0.0130. The molecule has 3 aromatic rings. The van der Waals surface area contributed by atoms with Crippen LogP contribution in [0.25, 0.3) is 6.08 Å². The molecule has 2 amide bonds. The van der Waals surface area contributed by atoms with Crippen LogP contribution in [0.2, 0.25) is 13.1 Å². The SMILES string of the molecule is CN1C(=O)C(=Cc2cc3c([se]2)N2c4ccccc4[Si](C)(C)c4cccc(c42)C32C3CC4CC(C3)CC2C4)C(=O)N(C)C1=S. The Balaban J connectivity index is 1.33. The molecular formula is C35H35N3O2SSeSi. The molecule has 3 aliphatic heterocycles. The molecule has 8 heteroatoms. The molecule has 4 heterocycles. The predicted molar refractivity (Wildman–Crippen MR) is 179 cm³/mol. The number of anilines is 3. The van der Waals surface area contributed by atoms with E-state index in [-0.39, 0.29) is 42.4 Å². The fourth-order valence-electron chi connectivity index (χ4n) is 10.3. The third-order valence-corrected chi connectivity index (χ3v) is 18.2. The van der Waals surface area contributed by atoms with Gasteiger partial charge in [0.05, 0.1) is 0 Å². The normalized spacial score (nSPS) is 31.0. The number of thiocarbonyl (C=S) groups is 1. The fraction of sp³-hybridized carbons (Fsp3) is 0.400. The van der Waals surface area contributed by atoms with Gasteiger partial charge in [-0.2, -0.15) is 0 Å². The Hall–Kier alpha value is -2.77. The molecule has 0 N–H and O–H groups in total. The molecule has 5 nitrogen and oxygen atoms in total. The van der Waals surface area contributed by atoms with Crippen molar-refractivity contribution in [3.63, 3.8) is 0 Å². The molecule has 43 heavy (non-hydrogen) atoms. The molecule has 1 saturated heterocycles.